The molecule has 0 spiro atoms. The van der Waals surface area contributed by atoms with Gasteiger partial charge < -0.3 is 10.4 Å². The molecular formula is C16H13ClFNO3. The van der Waals surface area contributed by atoms with E-state index in [1.807, 2.05) is 0 Å². The Bertz CT molecular complexity index is 688. The molecule has 0 saturated carbocycles. The number of nitrogens with one attached hydrogen (secondary N) is 1. The molecule has 4 nitrogen and oxygen atoms in total. The van der Waals surface area contributed by atoms with Gasteiger partial charge in [0, 0.05) is 0 Å². The summed E-state index contributed by atoms with van der Waals surface area (Å²) in [5.74, 6) is -2.00. The number of carboxylic acids is 1. The average Bonchev–Trinajstić information content (AvgIpc) is 2.47. The van der Waals surface area contributed by atoms with E-state index in [0.717, 1.165) is 0 Å². The van der Waals surface area contributed by atoms with Gasteiger partial charge in [-0.25, -0.2) is 4.39 Å². The first-order valence-electron chi connectivity index (χ1n) is 6.50. The molecule has 2 N–H and O–H groups in total. The fourth-order valence-corrected chi connectivity index (χ4v) is 2.22. The third-order valence-electron chi connectivity index (χ3n) is 3.07. The van der Waals surface area contributed by atoms with Crippen LogP contribution in [0.3, 0.4) is 0 Å². The highest BCUT2D eigenvalue weighted by molar-refractivity contribution is 6.33. The Morgan fingerprint density at radius 1 is 1.14 bits per heavy atom. The molecule has 0 saturated heterocycles. The summed E-state index contributed by atoms with van der Waals surface area (Å²) in [7, 11) is 0. The summed E-state index contributed by atoms with van der Waals surface area (Å²) in [6, 6.07) is 11.0. The van der Waals surface area contributed by atoms with E-state index in [2.05, 4.69) is 5.32 Å². The first-order chi connectivity index (χ1) is 10.5. The summed E-state index contributed by atoms with van der Waals surface area (Å²) in [6.45, 7) is 0. The maximum atomic E-state index is 13.0. The summed E-state index contributed by atoms with van der Waals surface area (Å²) in [5.41, 5.74) is 0.755. The summed E-state index contributed by atoms with van der Waals surface area (Å²) < 4.78 is 13.0. The number of halogens is 2. The van der Waals surface area contributed by atoms with Crippen molar-refractivity contribution in [2.75, 3.05) is 0 Å². The minimum atomic E-state index is -1.08. The van der Waals surface area contributed by atoms with Gasteiger partial charge >= 0.3 is 5.97 Å². The quantitative estimate of drug-likeness (QED) is 0.886. The minimum Gasteiger partial charge on any atom is -0.481 e. The average molecular weight is 322 g/mol. The van der Waals surface area contributed by atoms with Gasteiger partial charge in [0.05, 0.1) is 23.0 Å². The lowest BCUT2D eigenvalue weighted by Gasteiger charge is -2.18. The fraction of sp³-hybridized carbons (Fsp3) is 0.125. The first-order valence-corrected chi connectivity index (χ1v) is 6.88. The van der Waals surface area contributed by atoms with Crippen LogP contribution in [0.1, 0.15) is 28.4 Å². The van der Waals surface area contributed by atoms with E-state index in [1.165, 1.54) is 24.3 Å². The predicted octanol–water partition coefficient (Wildman–Crippen LogP) is 3.42. The van der Waals surface area contributed by atoms with Gasteiger partial charge in [0.15, 0.2) is 0 Å². The van der Waals surface area contributed by atoms with E-state index in [-0.39, 0.29) is 17.0 Å². The molecular weight excluding hydrogens is 309 g/mol. The molecule has 2 aromatic carbocycles. The molecule has 114 valence electrons. The van der Waals surface area contributed by atoms with Gasteiger partial charge in [-0.15, -0.1) is 0 Å². The van der Waals surface area contributed by atoms with Crippen molar-refractivity contribution < 1.29 is 19.1 Å². The summed E-state index contributed by atoms with van der Waals surface area (Å²) in [6.07, 6.45) is -0.318. The van der Waals surface area contributed by atoms with Crippen LogP contribution in [0.5, 0.6) is 0 Å². The molecule has 0 heterocycles. The van der Waals surface area contributed by atoms with E-state index in [9.17, 15) is 14.0 Å². The molecule has 0 radical (unpaired) electrons. The van der Waals surface area contributed by atoms with Crippen molar-refractivity contribution in [2.45, 2.75) is 12.5 Å². The molecule has 1 atom stereocenters. The third kappa shape index (κ3) is 4.05. The number of carbonyl (C=O) groups is 2. The van der Waals surface area contributed by atoms with E-state index in [4.69, 9.17) is 16.7 Å². The Balaban J connectivity index is 2.23. The van der Waals surface area contributed by atoms with Crippen molar-refractivity contribution in [3.63, 3.8) is 0 Å². The van der Waals surface area contributed by atoms with Crippen LogP contribution < -0.4 is 5.32 Å². The Morgan fingerprint density at radius 2 is 1.77 bits per heavy atom. The molecule has 0 aromatic heterocycles. The standard InChI is InChI=1S/C16H13ClFNO3/c17-13-4-2-1-3-12(13)16(22)19-14(9-15(20)21)10-5-7-11(18)8-6-10/h1-8,14H,9H2,(H,19,22)(H,20,21)/t14-/m1/s1. The van der Waals surface area contributed by atoms with Gasteiger partial charge in [-0.3, -0.25) is 9.59 Å². The van der Waals surface area contributed by atoms with Crippen molar-refractivity contribution in [2.24, 2.45) is 0 Å². The topological polar surface area (TPSA) is 66.4 Å². The van der Waals surface area contributed by atoms with Gasteiger partial charge in [0.1, 0.15) is 5.82 Å². The Morgan fingerprint density at radius 3 is 2.36 bits per heavy atom. The minimum absolute atomic E-state index is 0.252. The molecule has 0 aliphatic carbocycles. The van der Waals surface area contributed by atoms with Crippen molar-refractivity contribution in [3.8, 4) is 0 Å². The number of amides is 1. The van der Waals surface area contributed by atoms with Crippen LogP contribution in [0.15, 0.2) is 48.5 Å². The van der Waals surface area contributed by atoms with Crippen LogP contribution >= 0.6 is 11.6 Å². The van der Waals surface area contributed by atoms with Crippen molar-refractivity contribution >= 4 is 23.5 Å². The highest BCUT2D eigenvalue weighted by atomic mass is 35.5. The lowest BCUT2D eigenvalue weighted by atomic mass is 10.0. The number of hydrogen-bond acceptors (Lipinski definition) is 2. The van der Waals surface area contributed by atoms with Crippen LogP contribution in [-0.4, -0.2) is 17.0 Å². The summed E-state index contributed by atoms with van der Waals surface area (Å²) in [4.78, 5) is 23.2. The lowest BCUT2D eigenvalue weighted by molar-refractivity contribution is -0.137. The van der Waals surface area contributed by atoms with Crippen LogP contribution in [0.2, 0.25) is 5.02 Å². The van der Waals surface area contributed by atoms with Gasteiger partial charge in [-0.2, -0.15) is 0 Å². The van der Waals surface area contributed by atoms with Gasteiger partial charge in [0.2, 0.25) is 0 Å². The Labute approximate surface area is 131 Å². The third-order valence-corrected chi connectivity index (χ3v) is 3.40. The Kier molecular flexibility index (Phi) is 5.12. The number of aliphatic carboxylic acids is 1. The van der Waals surface area contributed by atoms with Crippen molar-refractivity contribution in [3.05, 3.63) is 70.5 Å². The summed E-state index contributed by atoms with van der Waals surface area (Å²) >= 11 is 5.95. The van der Waals surface area contributed by atoms with Crippen LogP contribution in [0.4, 0.5) is 4.39 Å². The predicted molar refractivity (Wildman–Crippen MR) is 80.3 cm³/mol. The maximum Gasteiger partial charge on any atom is 0.305 e. The lowest BCUT2D eigenvalue weighted by Crippen LogP contribution is -2.30. The Hall–Kier alpha value is -2.40. The highest BCUT2D eigenvalue weighted by Gasteiger charge is 2.20. The van der Waals surface area contributed by atoms with Crippen LogP contribution in [0.25, 0.3) is 0 Å². The van der Waals surface area contributed by atoms with E-state index < -0.39 is 23.7 Å². The van der Waals surface area contributed by atoms with Crippen LogP contribution in [-0.2, 0) is 4.79 Å². The SMILES string of the molecule is O=C(O)C[C@@H](NC(=O)c1ccccc1Cl)c1ccc(F)cc1. The molecule has 0 aliphatic heterocycles. The maximum absolute atomic E-state index is 13.0. The normalized spacial score (nSPS) is 11.7. The molecule has 0 fully saturated rings. The molecule has 0 aliphatic rings. The molecule has 6 heteroatoms. The largest absolute Gasteiger partial charge is 0.481 e. The second-order valence-electron chi connectivity index (χ2n) is 4.66. The monoisotopic (exact) mass is 321 g/mol. The van der Waals surface area contributed by atoms with Gasteiger partial charge in [0.25, 0.3) is 5.91 Å². The second-order valence-corrected chi connectivity index (χ2v) is 5.06. The molecule has 22 heavy (non-hydrogen) atoms. The summed E-state index contributed by atoms with van der Waals surface area (Å²) in [5, 5.41) is 11.9. The van der Waals surface area contributed by atoms with E-state index >= 15 is 0 Å². The number of carbonyl (C=O) groups excluding carboxylic acids is 1. The first kappa shape index (κ1) is 16.0. The smallest absolute Gasteiger partial charge is 0.305 e. The van der Waals surface area contributed by atoms with Crippen LogP contribution in [0, 0.1) is 5.82 Å². The fourth-order valence-electron chi connectivity index (χ4n) is 2.00. The van der Waals surface area contributed by atoms with E-state index in [0.29, 0.717) is 5.56 Å². The van der Waals surface area contributed by atoms with Gasteiger partial charge in [-0.05, 0) is 29.8 Å². The highest BCUT2D eigenvalue weighted by Crippen LogP contribution is 2.20. The van der Waals surface area contributed by atoms with Gasteiger partial charge in [-0.1, -0.05) is 35.9 Å². The number of rotatable bonds is 5. The second kappa shape index (κ2) is 7.04. The number of hydrogen-bond donors (Lipinski definition) is 2. The zero-order valence-corrected chi connectivity index (χ0v) is 12.2. The zero-order valence-electron chi connectivity index (χ0n) is 11.4. The number of carboxylic acid groups (broad SMARTS) is 1. The van der Waals surface area contributed by atoms with Crippen molar-refractivity contribution in [1.29, 1.82) is 0 Å². The zero-order chi connectivity index (χ0) is 16.1. The molecule has 0 unspecified atom stereocenters. The molecule has 2 rings (SSSR count). The molecule has 2 aromatic rings. The van der Waals surface area contributed by atoms with E-state index in [1.54, 1.807) is 24.3 Å². The number of benzene rings is 2. The molecule has 1 amide bonds. The molecule has 0 bridgehead atoms. The van der Waals surface area contributed by atoms with Crippen molar-refractivity contribution in [1.82, 2.24) is 5.32 Å².